The van der Waals surface area contributed by atoms with E-state index in [0.29, 0.717) is 18.0 Å². The predicted molar refractivity (Wildman–Crippen MR) is 76.9 cm³/mol. The second-order valence-corrected chi connectivity index (χ2v) is 5.62. The van der Waals surface area contributed by atoms with Crippen molar-refractivity contribution >= 4 is 0 Å². The lowest BCUT2D eigenvalue weighted by Crippen LogP contribution is -2.32. The van der Waals surface area contributed by atoms with E-state index >= 15 is 0 Å². The first-order valence-electron chi connectivity index (χ1n) is 7.26. The van der Waals surface area contributed by atoms with Crippen LogP contribution in [0.2, 0.25) is 0 Å². The average Bonchev–Trinajstić information content (AvgIpc) is 3.05. The summed E-state index contributed by atoms with van der Waals surface area (Å²) in [6.45, 7) is 2.09. The normalized spacial score (nSPS) is 16.6. The molecular weight excluding hydrogens is 286 g/mol. The van der Waals surface area contributed by atoms with Crippen molar-refractivity contribution in [2.45, 2.75) is 25.3 Å². The molecule has 22 heavy (non-hydrogen) atoms. The molecule has 1 aliphatic heterocycles. The van der Waals surface area contributed by atoms with Crippen molar-refractivity contribution in [1.82, 2.24) is 15.1 Å². The van der Waals surface area contributed by atoms with E-state index in [2.05, 4.69) is 15.1 Å². The molecule has 1 aromatic carbocycles. The number of nitriles is 1. The van der Waals surface area contributed by atoms with Crippen molar-refractivity contribution in [3.05, 3.63) is 52.9 Å². The Labute approximate surface area is 127 Å². The van der Waals surface area contributed by atoms with Crippen LogP contribution in [-0.4, -0.2) is 28.2 Å². The summed E-state index contributed by atoms with van der Waals surface area (Å²) >= 11 is 0. The van der Waals surface area contributed by atoms with E-state index in [9.17, 15) is 8.78 Å². The fraction of sp³-hybridized carbons (Fsp3) is 0.375. The van der Waals surface area contributed by atoms with Gasteiger partial charge in [0.2, 0.25) is 0 Å². The summed E-state index contributed by atoms with van der Waals surface area (Å²) in [6.07, 6.45) is 5.72. The van der Waals surface area contributed by atoms with Crippen molar-refractivity contribution < 1.29 is 8.78 Å². The fourth-order valence-corrected chi connectivity index (χ4v) is 2.95. The lowest BCUT2D eigenvalue weighted by molar-refractivity contribution is 0.202. The average molecular weight is 302 g/mol. The maximum atomic E-state index is 13.8. The zero-order valence-corrected chi connectivity index (χ0v) is 12.0. The Hall–Kier alpha value is -2.26. The van der Waals surface area contributed by atoms with Crippen LogP contribution in [-0.2, 0) is 6.54 Å². The Balaban J connectivity index is 1.65. The molecule has 2 heterocycles. The molecule has 0 aliphatic carbocycles. The molecule has 114 valence electrons. The minimum absolute atomic E-state index is 0.107. The van der Waals surface area contributed by atoms with Crippen molar-refractivity contribution in [3.63, 3.8) is 0 Å². The highest BCUT2D eigenvalue weighted by Gasteiger charge is 2.22. The molecule has 0 amide bonds. The lowest BCUT2D eigenvalue weighted by atomic mass is 9.91. The molecule has 1 aromatic heterocycles. The van der Waals surface area contributed by atoms with Gasteiger partial charge in [-0.15, -0.1) is 0 Å². The van der Waals surface area contributed by atoms with E-state index in [4.69, 9.17) is 5.26 Å². The Bertz CT molecular complexity index is 683. The second kappa shape index (κ2) is 6.24. The molecular formula is C16H16F2N4. The Morgan fingerprint density at radius 2 is 2.05 bits per heavy atom. The number of nitrogens with one attached hydrogen (secondary N) is 1. The lowest BCUT2D eigenvalue weighted by Gasteiger charge is -2.31. The first-order chi connectivity index (χ1) is 10.7. The first-order valence-corrected chi connectivity index (χ1v) is 7.26. The van der Waals surface area contributed by atoms with Crippen molar-refractivity contribution in [2.75, 3.05) is 13.1 Å². The molecule has 2 aromatic rings. The van der Waals surface area contributed by atoms with Gasteiger partial charge in [-0.3, -0.25) is 10.00 Å². The van der Waals surface area contributed by atoms with Gasteiger partial charge in [-0.05, 0) is 43.5 Å². The molecule has 0 radical (unpaired) electrons. The van der Waals surface area contributed by atoms with Crippen LogP contribution >= 0.6 is 0 Å². The standard InChI is InChI=1S/C16H16F2N4/c17-15-6-16(18)13(5-12(15)7-19)10-22-3-1-11(2-4-22)14-8-20-21-9-14/h5-6,8-9,11H,1-4,10H2,(H,20,21). The van der Waals surface area contributed by atoms with Crippen LogP contribution in [0, 0.1) is 23.0 Å². The number of aromatic amines is 1. The number of hydrogen-bond donors (Lipinski definition) is 1. The Morgan fingerprint density at radius 3 is 2.68 bits per heavy atom. The van der Waals surface area contributed by atoms with Gasteiger partial charge >= 0.3 is 0 Å². The van der Waals surface area contributed by atoms with Gasteiger partial charge in [-0.1, -0.05) is 0 Å². The van der Waals surface area contributed by atoms with Gasteiger partial charge in [-0.2, -0.15) is 10.4 Å². The molecule has 0 spiro atoms. The summed E-state index contributed by atoms with van der Waals surface area (Å²) in [4.78, 5) is 2.13. The molecule has 0 saturated carbocycles. The predicted octanol–water partition coefficient (Wildman–Crippen LogP) is 2.94. The zero-order valence-electron chi connectivity index (χ0n) is 12.0. The number of H-pyrrole nitrogens is 1. The number of aromatic nitrogens is 2. The minimum atomic E-state index is -0.803. The van der Waals surface area contributed by atoms with Crippen LogP contribution in [0.15, 0.2) is 24.5 Å². The van der Waals surface area contributed by atoms with E-state index < -0.39 is 11.6 Å². The maximum absolute atomic E-state index is 13.8. The molecule has 0 atom stereocenters. The van der Waals surface area contributed by atoms with E-state index in [1.54, 1.807) is 6.07 Å². The van der Waals surface area contributed by atoms with Crippen molar-refractivity contribution in [2.24, 2.45) is 0 Å². The summed E-state index contributed by atoms with van der Waals surface area (Å²) in [7, 11) is 0. The molecule has 6 heteroatoms. The van der Waals surface area contributed by atoms with Gasteiger partial charge in [0.25, 0.3) is 0 Å². The third-order valence-electron chi connectivity index (χ3n) is 4.23. The van der Waals surface area contributed by atoms with E-state index in [1.807, 2.05) is 12.4 Å². The summed E-state index contributed by atoms with van der Waals surface area (Å²) in [5.74, 6) is -0.918. The summed E-state index contributed by atoms with van der Waals surface area (Å²) in [5.41, 5.74) is 1.48. The Morgan fingerprint density at radius 1 is 1.27 bits per heavy atom. The largest absolute Gasteiger partial charge is 0.299 e. The van der Waals surface area contributed by atoms with Gasteiger partial charge < -0.3 is 0 Å². The zero-order chi connectivity index (χ0) is 15.5. The highest BCUT2D eigenvalue weighted by atomic mass is 19.1. The van der Waals surface area contributed by atoms with Crippen LogP contribution in [0.4, 0.5) is 8.78 Å². The number of rotatable bonds is 3. The SMILES string of the molecule is N#Cc1cc(CN2CCC(c3cn[nH]c3)CC2)c(F)cc1F. The molecule has 1 saturated heterocycles. The van der Waals surface area contributed by atoms with Gasteiger partial charge in [0, 0.05) is 24.4 Å². The summed E-state index contributed by atoms with van der Waals surface area (Å²) in [6, 6.07) is 3.87. The van der Waals surface area contributed by atoms with Crippen LogP contribution in [0.1, 0.15) is 35.4 Å². The number of hydrogen-bond acceptors (Lipinski definition) is 3. The second-order valence-electron chi connectivity index (χ2n) is 5.62. The highest BCUT2D eigenvalue weighted by molar-refractivity contribution is 5.35. The molecule has 3 rings (SSSR count). The van der Waals surface area contributed by atoms with Crippen molar-refractivity contribution in [1.29, 1.82) is 5.26 Å². The van der Waals surface area contributed by atoms with Crippen LogP contribution in [0.5, 0.6) is 0 Å². The van der Waals surface area contributed by atoms with E-state index in [-0.39, 0.29) is 5.56 Å². The maximum Gasteiger partial charge on any atom is 0.143 e. The third kappa shape index (κ3) is 3.00. The topological polar surface area (TPSA) is 55.7 Å². The number of benzene rings is 1. The summed E-state index contributed by atoms with van der Waals surface area (Å²) < 4.78 is 27.2. The fourth-order valence-electron chi connectivity index (χ4n) is 2.95. The quantitative estimate of drug-likeness (QED) is 0.948. The minimum Gasteiger partial charge on any atom is -0.299 e. The van der Waals surface area contributed by atoms with Gasteiger partial charge in [0.05, 0.1) is 11.8 Å². The van der Waals surface area contributed by atoms with Crippen molar-refractivity contribution in [3.8, 4) is 6.07 Å². The molecule has 1 fully saturated rings. The van der Waals surface area contributed by atoms with Gasteiger partial charge in [-0.25, -0.2) is 8.78 Å². The van der Waals surface area contributed by atoms with E-state index in [1.165, 1.54) is 11.6 Å². The number of piperidine rings is 1. The molecule has 4 nitrogen and oxygen atoms in total. The van der Waals surface area contributed by atoms with Crippen LogP contribution in [0.3, 0.4) is 0 Å². The smallest absolute Gasteiger partial charge is 0.143 e. The number of nitrogens with zero attached hydrogens (tertiary/aromatic N) is 3. The number of likely N-dealkylation sites (tertiary alicyclic amines) is 1. The highest BCUT2D eigenvalue weighted by Crippen LogP contribution is 2.28. The summed E-state index contributed by atoms with van der Waals surface area (Å²) in [5, 5.41) is 15.6. The van der Waals surface area contributed by atoms with Gasteiger partial charge in [0.15, 0.2) is 0 Å². The molecule has 0 bridgehead atoms. The molecule has 1 aliphatic rings. The van der Waals surface area contributed by atoms with Crippen LogP contribution in [0.25, 0.3) is 0 Å². The molecule has 0 unspecified atom stereocenters. The first kappa shape index (κ1) is 14.7. The monoisotopic (exact) mass is 302 g/mol. The van der Waals surface area contributed by atoms with Crippen LogP contribution < -0.4 is 0 Å². The third-order valence-corrected chi connectivity index (χ3v) is 4.23. The number of halogens is 2. The van der Waals surface area contributed by atoms with Gasteiger partial charge in [0.1, 0.15) is 17.7 Å². The Kier molecular flexibility index (Phi) is 4.16. The molecule has 1 N–H and O–H groups in total. The van der Waals surface area contributed by atoms with E-state index in [0.717, 1.165) is 32.0 Å².